The SMILES string of the molecule is CCCCCCCCCCCCCCCCCCCCCC(=O)O[C@H](COC(=O)CCCCCCCCCCCCCCCCCC(C)C)COP(=O)(O)OC[C@@H](O)COP(=O)(O)OC[C@@H](COC(=O)CCCCCCCCCCC(C)C)OC(=O)CCCCCCCCCCCCCC(C)C. The van der Waals surface area contributed by atoms with E-state index in [1.807, 2.05) is 0 Å². The summed E-state index contributed by atoms with van der Waals surface area (Å²) in [4.78, 5) is 73.1. The number of aliphatic hydroxyl groups is 1. The van der Waals surface area contributed by atoms with Crippen molar-refractivity contribution >= 4 is 39.5 Å². The van der Waals surface area contributed by atoms with Crippen molar-refractivity contribution in [1.29, 1.82) is 0 Å². The molecule has 0 fully saturated rings. The van der Waals surface area contributed by atoms with Crippen molar-refractivity contribution < 1.29 is 80.2 Å². The lowest BCUT2D eigenvalue weighted by atomic mass is 10.0. The highest BCUT2D eigenvalue weighted by Gasteiger charge is 2.30. The number of phosphoric ester groups is 2. The van der Waals surface area contributed by atoms with Gasteiger partial charge in [-0.05, 0) is 43.4 Å². The molecule has 0 aromatic heterocycles. The average Bonchev–Trinajstić information content (AvgIpc) is 0.912. The molecule has 0 saturated heterocycles. The summed E-state index contributed by atoms with van der Waals surface area (Å²) in [6.45, 7) is 11.9. The van der Waals surface area contributed by atoms with Crippen LogP contribution in [0.4, 0.5) is 0 Å². The van der Waals surface area contributed by atoms with Crippen LogP contribution in [0.5, 0.6) is 0 Å². The van der Waals surface area contributed by atoms with Gasteiger partial charge in [-0.25, -0.2) is 9.13 Å². The van der Waals surface area contributed by atoms with Crippen LogP contribution >= 0.6 is 15.6 Å². The Morgan fingerprint density at radius 3 is 0.667 bits per heavy atom. The second-order valence-corrected chi connectivity index (χ2v) is 34.2. The van der Waals surface area contributed by atoms with E-state index in [1.54, 1.807) is 0 Å². The van der Waals surface area contributed by atoms with E-state index in [9.17, 15) is 43.2 Å². The normalized spacial score (nSPS) is 13.9. The third kappa shape index (κ3) is 76.3. The molecule has 0 aliphatic heterocycles. The van der Waals surface area contributed by atoms with Crippen molar-refractivity contribution in [2.24, 2.45) is 17.8 Å². The van der Waals surface area contributed by atoms with Gasteiger partial charge in [-0.15, -0.1) is 0 Å². The number of unbranched alkanes of at least 4 members (excludes halogenated alkanes) is 49. The molecule has 0 saturated carbocycles. The van der Waals surface area contributed by atoms with Crippen LogP contribution in [0.15, 0.2) is 0 Å². The first-order valence-electron chi connectivity index (χ1n) is 42.8. The van der Waals surface area contributed by atoms with Crippen molar-refractivity contribution in [3.05, 3.63) is 0 Å². The van der Waals surface area contributed by atoms with E-state index >= 15 is 0 Å². The summed E-state index contributed by atoms with van der Waals surface area (Å²) >= 11 is 0. The smallest absolute Gasteiger partial charge is 0.462 e. The first kappa shape index (κ1) is 100. The van der Waals surface area contributed by atoms with E-state index in [0.717, 1.165) is 108 Å². The molecule has 0 bridgehead atoms. The molecule has 2 unspecified atom stereocenters. The molecule has 19 heteroatoms. The fourth-order valence-electron chi connectivity index (χ4n) is 12.8. The molecule has 17 nitrogen and oxygen atoms in total. The largest absolute Gasteiger partial charge is 0.472 e. The maximum absolute atomic E-state index is 13.1. The Labute approximate surface area is 626 Å². The molecule has 0 spiro atoms. The first-order chi connectivity index (χ1) is 49.2. The molecule has 102 heavy (non-hydrogen) atoms. The number of carbonyl (C=O) groups excluding carboxylic acids is 4. The fourth-order valence-corrected chi connectivity index (χ4v) is 14.4. The van der Waals surface area contributed by atoms with Crippen LogP contribution in [-0.4, -0.2) is 96.7 Å². The van der Waals surface area contributed by atoms with E-state index in [1.165, 1.54) is 244 Å². The van der Waals surface area contributed by atoms with Gasteiger partial charge in [0.1, 0.15) is 19.3 Å². The van der Waals surface area contributed by atoms with Gasteiger partial charge in [0.15, 0.2) is 12.2 Å². The van der Waals surface area contributed by atoms with Crippen molar-refractivity contribution in [2.45, 2.75) is 452 Å². The first-order valence-corrected chi connectivity index (χ1v) is 45.8. The zero-order valence-electron chi connectivity index (χ0n) is 67.1. The van der Waals surface area contributed by atoms with Gasteiger partial charge in [0, 0.05) is 25.7 Å². The molecule has 0 rings (SSSR count). The molecule has 5 atom stereocenters. The Morgan fingerprint density at radius 1 is 0.265 bits per heavy atom. The van der Waals surface area contributed by atoms with E-state index < -0.39 is 97.5 Å². The molecule has 0 aliphatic carbocycles. The van der Waals surface area contributed by atoms with Crippen LogP contribution in [0, 0.1) is 17.8 Å². The van der Waals surface area contributed by atoms with Gasteiger partial charge in [-0.2, -0.15) is 0 Å². The highest BCUT2D eigenvalue weighted by atomic mass is 31.2. The Hall–Kier alpha value is -1.94. The lowest BCUT2D eigenvalue weighted by Crippen LogP contribution is -2.30. The summed E-state index contributed by atoms with van der Waals surface area (Å²) in [5.41, 5.74) is 0. The minimum absolute atomic E-state index is 0.106. The lowest BCUT2D eigenvalue weighted by Gasteiger charge is -2.21. The molecular formula is C83H162O17P2. The topological polar surface area (TPSA) is 237 Å². The Morgan fingerprint density at radius 2 is 0.451 bits per heavy atom. The Bertz CT molecular complexity index is 1970. The molecule has 606 valence electrons. The number of hydrogen-bond acceptors (Lipinski definition) is 15. The molecule has 3 N–H and O–H groups in total. The van der Waals surface area contributed by atoms with E-state index in [4.69, 9.17) is 37.0 Å². The zero-order chi connectivity index (χ0) is 75.1. The van der Waals surface area contributed by atoms with Gasteiger partial charge in [-0.1, -0.05) is 382 Å². The van der Waals surface area contributed by atoms with Crippen LogP contribution in [0.3, 0.4) is 0 Å². The van der Waals surface area contributed by atoms with Gasteiger partial charge < -0.3 is 33.8 Å². The summed E-state index contributed by atoms with van der Waals surface area (Å²) in [7, 11) is -9.92. The predicted molar refractivity (Wildman–Crippen MR) is 418 cm³/mol. The van der Waals surface area contributed by atoms with Crippen molar-refractivity contribution in [2.75, 3.05) is 39.6 Å². The maximum atomic E-state index is 13.1. The lowest BCUT2D eigenvalue weighted by molar-refractivity contribution is -0.161. The molecule has 0 aromatic rings. The van der Waals surface area contributed by atoms with Crippen LogP contribution in [-0.2, 0) is 65.4 Å². The number of carbonyl (C=O) groups is 4. The van der Waals surface area contributed by atoms with Crippen LogP contribution in [0.25, 0.3) is 0 Å². The van der Waals surface area contributed by atoms with Crippen LogP contribution in [0.1, 0.15) is 434 Å². The Balaban J connectivity index is 5.25. The minimum atomic E-state index is -4.96. The van der Waals surface area contributed by atoms with Gasteiger partial charge in [0.2, 0.25) is 0 Å². The van der Waals surface area contributed by atoms with E-state index in [2.05, 4.69) is 48.5 Å². The minimum Gasteiger partial charge on any atom is -0.462 e. The third-order valence-corrected chi connectivity index (χ3v) is 21.3. The summed E-state index contributed by atoms with van der Waals surface area (Å²) in [5, 5.41) is 10.7. The number of esters is 4. The molecule has 0 radical (unpaired) electrons. The van der Waals surface area contributed by atoms with Crippen molar-refractivity contribution in [3.63, 3.8) is 0 Å². The second-order valence-electron chi connectivity index (χ2n) is 31.3. The monoisotopic (exact) mass is 1490 g/mol. The highest BCUT2D eigenvalue weighted by molar-refractivity contribution is 7.47. The molecule has 0 heterocycles. The Kier molecular flexibility index (Phi) is 71.8. The fraction of sp³-hybridized carbons (Fsp3) is 0.952. The van der Waals surface area contributed by atoms with Gasteiger partial charge >= 0.3 is 39.5 Å². The van der Waals surface area contributed by atoms with Gasteiger partial charge in [-0.3, -0.25) is 37.3 Å². The third-order valence-electron chi connectivity index (χ3n) is 19.4. The zero-order valence-corrected chi connectivity index (χ0v) is 68.9. The van der Waals surface area contributed by atoms with Crippen molar-refractivity contribution in [3.8, 4) is 0 Å². The average molecular weight is 1490 g/mol. The van der Waals surface area contributed by atoms with Crippen LogP contribution in [0.2, 0.25) is 0 Å². The number of ether oxygens (including phenoxy) is 4. The summed E-state index contributed by atoms with van der Waals surface area (Å²) < 4.78 is 68.8. The van der Waals surface area contributed by atoms with Gasteiger partial charge in [0.25, 0.3) is 0 Å². The summed E-state index contributed by atoms with van der Waals surface area (Å²) in [5.74, 6) is 0.189. The second kappa shape index (κ2) is 73.2. The van der Waals surface area contributed by atoms with E-state index in [-0.39, 0.29) is 25.7 Å². The van der Waals surface area contributed by atoms with Gasteiger partial charge in [0.05, 0.1) is 26.4 Å². The highest BCUT2D eigenvalue weighted by Crippen LogP contribution is 2.45. The predicted octanol–water partition coefficient (Wildman–Crippen LogP) is 24.9. The van der Waals surface area contributed by atoms with Crippen LogP contribution < -0.4 is 0 Å². The number of aliphatic hydroxyl groups excluding tert-OH is 1. The number of hydrogen-bond donors (Lipinski definition) is 3. The quantitative estimate of drug-likeness (QED) is 0.0222. The van der Waals surface area contributed by atoms with Crippen molar-refractivity contribution in [1.82, 2.24) is 0 Å². The summed E-state index contributed by atoms with van der Waals surface area (Å²) in [6, 6.07) is 0. The molecule has 0 aromatic carbocycles. The maximum Gasteiger partial charge on any atom is 0.472 e. The number of rotatable bonds is 81. The number of phosphoric acid groups is 2. The standard InChI is InChI=1S/C83H162O17P2/c1-8-9-10-11-12-13-14-15-16-17-18-19-22-26-31-36-45-52-59-66-82(87)99-78(70-93-80(85)64-57-50-43-35-30-25-23-20-21-24-28-33-40-47-54-61-74(2)3)72-97-101(89,90)95-68-77(84)69-96-102(91,92)98-73-79(71-94-81(86)65-58-51-44-39-38-42-49-56-63-76(6)7)100-83(88)67-60-53-46-37-32-27-29-34-41-48-55-62-75(4)5/h74-79,84H,8-73H2,1-7H3,(H,89,90)(H,91,92)/t77-,78-,79-/m1/s1. The summed E-state index contributed by atoms with van der Waals surface area (Å²) in [6.07, 6.45) is 62.5. The molecular weight excluding hydrogens is 1330 g/mol. The molecule has 0 aliphatic rings. The van der Waals surface area contributed by atoms with E-state index in [0.29, 0.717) is 25.7 Å². The molecule has 0 amide bonds.